The molecule has 2 heterocycles. The van der Waals surface area contributed by atoms with Gasteiger partial charge in [0.25, 0.3) is 0 Å². The zero-order chi connectivity index (χ0) is 29.8. The number of para-hydroxylation sites is 3. The number of halogens is 2. The van der Waals surface area contributed by atoms with Crippen LogP contribution in [0, 0.1) is 5.82 Å². The summed E-state index contributed by atoms with van der Waals surface area (Å²) in [6.07, 6.45) is 1.83. The van der Waals surface area contributed by atoms with Crippen LogP contribution in [0.25, 0.3) is 0 Å². The Bertz CT molecular complexity index is 1650. The van der Waals surface area contributed by atoms with Crippen molar-refractivity contribution in [2.24, 2.45) is 0 Å². The van der Waals surface area contributed by atoms with Gasteiger partial charge in [0.2, 0.25) is 5.75 Å². The molecule has 0 bridgehead atoms. The highest BCUT2D eigenvalue weighted by atomic mass is 19.2. The molecule has 9 heteroatoms. The molecule has 0 saturated carbocycles. The van der Waals surface area contributed by atoms with Crippen LogP contribution in [0.5, 0.6) is 28.7 Å². The third-order valence-corrected chi connectivity index (χ3v) is 6.87. The molecule has 1 saturated heterocycles. The molecular formula is C34H27F2NO6. The first-order chi connectivity index (χ1) is 20.9. The Morgan fingerprint density at radius 1 is 0.860 bits per heavy atom. The van der Waals surface area contributed by atoms with Gasteiger partial charge in [-0.15, -0.1) is 0 Å². The summed E-state index contributed by atoms with van der Waals surface area (Å²) < 4.78 is 55.8. The Balaban J connectivity index is 1.46. The van der Waals surface area contributed by atoms with Crippen molar-refractivity contribution in [3.8, 4) is 28.7 Å². The minimum atomic E-state index is -0.997. The van der Waals surface area contributed by atoms with Crippen LogP contribution in [0.1, 0.15) is 24.5 Å². The van der Waals surface area contributed by atoms with Gasteiger partial charge in [-0.2, -0.15) is 5.12 Å². The van der Waals surface area contributed by atoms with Crippen molar-refractivity contribution >= 4 is 11.7 Å². The first-order valence-electron chi connectivity index (χ1n) is 13.7. The number of anilines is 1. The number of aliphatic hydroxyl groups is 1. The molecule has 6 rings (SSSR count). The SMILES string of the molecule is O=C1C[C@H](O)C[C@@H](/C=C/C2=CN(F)c3c(cc(F)c(Oc4ccccc4)c3Oc3ccccc3)C2Oc2ccccc2)O1. The van der Waals surface area contributed by atoms with Crippen LogP contribution in [0.15, 0.2) is 121 Å². The lowest BCUT2D eigenvalue weighted by Crippen LogP contribution is -2.31. The zero-order valence-electron chi connectivity index (χ0n) is 22.8. The molecule has 7 nitrogen and oxygen atoms in total. The number of rotatable bonds is 8. The van der Waals surface area contributed by atoms with Crippen molar-refractivity contribution in [2.45, 2.75) is 31.2 Å². The summed E-state index contributed by atoms with van der Waals surface area (Å²) in [5.74, 6) is -0.673. The van der Waals surface area contributed by atoms with Gasteiger partial charge in [-0.1, -0.05) is 65.2 Å². The third-order valence-electron chi connectivity index (χ3n) is 6.87. The van der Waals surface area contributed by atoms with Crippen molar-refractivity contribution < 1.29 is 37.7 Å². The number of carbonyl (C=O) groups is 1. The number of aliphatic hydroxyl groups excluding tert-OH is 1. The molecular weight excluding hydrogens is 556 g/mol. The lowest BCUT2D eigenvalue weighted by Gasteiger charge is -2.31. The fourth-order valence-electron chi connectivity index (χ4n) is 4.93. The van der Waals surface area contributed by atoms with E-state index < -0.39 is 30.1 Å². The largest absolute Gasteiger partial charge is 0.481 e. The molecule has 0 radical (unpaired) electrons. The highest BCUT2D eigenvalue weighted by Gasteiger charge is 2.36. The van der Waals surface area contributed by atoms with E-state index in [1.807, 2.05) is 6.07 Å². The quantitative estimate of drug-likeness (QED) is 0.168. The van der Waals surface area contributed by atoms with Crippen LogP contribution in [-0.4, -0.2) is 23.3 Å². The maximum atomic E-state index is 16.1. The molecule has 1 fully saturated rings. The summed E-state index contributed by atoms with van der Waals surface area (Å²) in [4.78, 5) is 11.9. The first-order valence-corrected chi connectivity index (χ1v) is 13.7. The maximum absolute atomic E-state index is 16.1. The van der Waals surface area contributed by atoms with E-state index in [9.17, 15) is 9.90 Å². The van der Waals surface area contributed by atoms with Crippen molar-refractivity contribution in [3.05, 3.63) is 132 Å². The highest BCUT2D eigenvalue weighted by molar-refractivity contribution is 5.75. The van der Waals surface area contributed by atoms with Crippen molar-refractivity contribution in [3.63, 3.8) is 0 Å². The van der Waals surface area contributed by atoms with Crippen molar-refractivity contribution in [2.75, 3.05) is 5.12 Å². The molecule has 4 aromatic rings. The van der Waals surface area contributed by atoms with E-state index in [0.29, 0.717) is 27.9 Å². The third kappa shape index (κ3) is 6.37. The molecule has 0 aliphatic carbocycles. The highest BCUT2D eigenvalue weighted by Crippen LogP contribution is 2.52. The van der Waals surface area contributed by atoms with Gasteiger partial charge in [0.05, 0.1) is 12.5 Å². The number of ether oxygens (including phenoxy) is 4. The van der Waals surface area contributed by atoms with E-state index >= 15 is 8.87 Å². The average Bonchev–Trinajstić information content (AvgIpc) is 3.00. The number of hydrogen-bond donors (Lipinski definition) is 1. The molecule has 2 aliphatic rings. The molecule has 1 unspecified atom stereocenters. The van der Waals surface area contributed by atoms with E-state index in [-0.39, 0.29) is 35.6 Å². The number of fused-ring (bicyclic) bond motifs is 1. The van der Waals surface area contributed by atoms with E-state index in [0.717, 1.165) is 6.07 Å². The first kappa shape index (κ1) is 28.0. The van der Waals surface area contributed by atoms with Crippen molar-refractivity contribution in [1.82, 2.24) is 0 Å². The molecule has 0 spiro atoms. The molecule has 3 atom stereocenters. The summed E-state index contributed by atoms with van der Waals surface area (Å²) in [5, 5.41) is 10.3. The van der Waals surface area contributed by atoms with Crippen molar-refractivity contribution in [1.29, 1.82) is 0 Å². The predicted octanol–water partition coefficient (Wildman–Crippen LogP) is 7.74. The Hall–Kier alpha value is -5.15. The van der Waals surface area contributed by atoms with Crippen LogP contribution in [0.4, 0.5) is 14.6 Å². The van der Waals surface area contributed by atoms with Gasteiger partial charge in [0.15, 0.2) is 17.7 Å². The smallest absolute Gasteiger partial charge is 0.309 e. The predicted molar refractivity (Wildman–Crippen MR) is 155 cm³/mol. The Morgan fingerprint density at radius 3 is 2.05 bits per heavy atom. The van der Waals surface area contributed by atoms with E-state index in [4.69, 9.17) is 18.9 Å². The van der Waals surface area contributed by atoms with Gasteiger partial charge in [0, 0.05) is 23.8 Å². The standard InChI is InChI=1S/C34H27F2NO6/c35-29-20-28-31(34(43-26-14-8-3-9-15-26)33(29)42-25-12-6-2-7-13-25)37(36)21-22(32(28)41-24-10-4-1-5-11-24)16-17-27-18-23(38)19-30(39)40-27/h1-17,20-21,23,27,32,38H,18-19H2/b17-16+/t23-,27-,32?/m1/s1. The monoisotopic (exact) mass is 583 g/mol. The van der Waals surface area contributed by atoms with Crippen LogP contribution in [-0.2, 0) is 9.53 Å². The minimum absolute atomic E-state index is 0.0880. The van der Waals surface area contributed by atoms with E-state index in [1.54, 1.807) is 97.1 Å². The Kier molecular flexibility index (Phi) is 8.06. The van der Waals surface area contributed by atoms with E-state index in [2.05, 4.69) is 0 Å². The Morgan fingerprint density at radius 2 is 1.44 bits per heavy atom. The zero-order valence-corrected chi connectivity index (χ0v) is 22.8. The van der Waals surface area contributed by atoms with Crippen LogP contribution < -0.4 is 19.3 Å². The maximum Gasteiger partial charge on any atom is 0.309 e. The molecule has 218 valence electrons. The van der Waals surface area contributed by atoms with Gasteiger partial charge in [0.1, 0.15) is 29.0 Å². The fourth-order valence-corrected chi connectivity index (χ4v) is 4.93. The minimum Gasteiger partial charge on any atom is -0.481 e. The van der Waals surface area contributed by atoms with E-state index in [1.165, 1.54) is 6.20 Å². The second-order valence-corrected chi connectivity index (χ2v) is 10.0. The van der Waals surface area contributed by atoms with Gasteiger partial charge in [-0.05, 0) is 48.5 Å². The molecule has 4 aromatic carbocycles. The second kappa shape index (κ2) is 12.4. The van der Waals surface area contributed by atoms with Gasteiger partial charge >= 0.3 is 5.97 Å². The van der Waals surface area contributed by atoms with Crippen LogP contribution in [0.2, 0.25) is 0 Å². The summed E-state index contributed by atoms with van der Waals surface area (Å²) in [6.45, 7) is 0. The van der Waals surface area contributed by atoms with Gasteiger partial charge in [-0.3, -0.25) is 4.79 Å². The molecule has 43 heavy (non-hydrogen) atoms. The average molecular weight is 584 g/mol. The van der Waals surface area contributed by atoms with Gasteiger partial charge in [-0.25, -0.2) is 4.39 Å². The summed E-state index contributed by atoms with van der Waals surface area (Å²) >= 11 is 0. The fraction of sp³-hybridized carbons (Fsp3) is 0.147. The number of carbonyl (C=O) groups excluding carboxylic acids is 1. The number of benzene rings is 4. The lowest BCUT2D eigenvalue weighted by molar-refractivity contribution is -0.156. The summed E-state index contributed by atoms with van der Waals surface area (Å²) in [7, 11) is 0. The number of esters is 1. The molecule has 0 amide bonds. The van der Waals surface area contributed by atoms with Gasteiger partial charge < -0.3 is 24.1 Å². The lowest BCUT2D eigenvalue weighted by atomic mass is 9.94. The molecule has 0 aromatic heterocycles. The topological polar surface area (TPSA) is 77.5 Å². The molecule has 1 N–H and O–H groups in total. The molecule has 2 aliphatic heterocycles. The number of hydrogen-bond acceptors (Lipinski definition) is 7. The van der Waals surface area contributed by atoms with Crippen LogP contribution >= 0.6 is 0 Å². The van der Waals surface area contributed by atoms with Crippen LogP contribution in [0.3, 0.4) is 0 Å². The Labute approximate surface area is 246 Å². The number of nitrogens with zero attached hydrogens (tertiary/aromatic N) is 1. The second-order valence-electron chi connectivity index (χ2n) is 10.0. The summed E-state index contributed by atoms with van der Waals surface area (Å²) in [5.41, 5.74) is 0.337. The normalized spacial score (nSPS) is 19.8. The number of cyclic esters (lactones) is 1. The summed E-state index contributed by atoms with van der Waals surface area (Å²) in [6, 6.07) is 27.2.